The van der Waals surface area contributed by atoms with Crippen molar-refractivity contribution in [1.29, 1.82) is 0 Å². The summed E-state index contributed by atoms with van der Waals surface area (Å²) in [5.74, 6) is 0.485. The number of carbonyl (C=O) groups excluding carboxylic acids is 1. The van der Waals surface area contributed by atoms with E-state index in [-0.39, 0.29) is 12.4 Å². The van der Waals surface area contributed by atoms with Crippen molar-refractivity contribution in [3.8, 4) is 11.5 Å². The molecule has 3 heterocycles. The lowest BCUT2D eigenvalue weighted by Gasteiger charge is -2.41. The molecule has 0 aliphatic carbocycles. The second-order valence-corrected chi connectivity index (χ2v) is 10.1. The summed E-state index contributed by atoms with van der Waals surface area (Å²) in [6.45, 7) is 4.31. The van der Waals surface area contributed by atoms with Crippen molar-refractivity contribution in [1.82, 2.24) is 9.58 Å². The number of benzene rings is 2. The number of amides is 1. The number of pyridine rings is 1. The Labute approximate surface area is 208 Å². The van der Waals surface area contributed by atoms with Gasteiger partial charge in [-0.15, -0.1) is 11.8 Å². The van der Waals surface area contributed by atoms with E-state index in [4.69, 9.17) is 4.74 Å². The first-order chi connectivity index (χ1) is 16.8. The average molecular weight is 489 g/mol. The SMILES string of the molecule is CC(C)(/C=C\COc1cccc2c1Cc1ccccc1SC2)N1CNn2ccc(=O)c([O-])c2C1=O. The smallest absolute Gasteiger partial charge is 0.274 e. The van der Waals surface area contributed by atoms with Gasteiger partial charge in [-0.1, -0.05) is 36.4 Å². The van der Waals surface area contributed by atoms with Crippen molar-refractivity contribution in [2.75, 3.05) is 18.7 Å². The molecule has 0 saturated carbocycles. The third-order valence-corrected chi connectivity index (χ3v) is 7.58. The van der Waals surface area contributed by atoms with Crippen molar-refractivity contribution in [3.05, 3.63) is 99.5 Å². The van der Waals surface area contributed by atoms with Gasteiger partial charge in [-0.25, -0.2) is 0 Å². The van der Waals surface area contributed by atoms with Crippen molar-refractivity contribution in [2.24, 2.45) is 0 Å². The Hall–Kier alpha value is -3.65. The minimum Gasteiger partial charge on any atom is -0.868 e. The maximum Gasteiger partial charge on any atom is 0.274 e. The van der Waals surface area contributed by atoms with Gasteiger partial charge in [-0.05, 0) is 48.9 Å². The fourth-order valence-electron chi connectivity index (χ4n) is 4.45. The van der Waals surface area contributed by atoms with Crippen molar-refractivity contribution >= 4 is 17.7 Å². The van der Waals surface area contributed by atoms with E-state index in [1.165, 1.54) is 37.4 Å². The molecule has 0 bridgehead atoms. The Morgan fingerprint density at radius 3 is 2.77 bits per heavy atom. The van der Waals surface area contributed by atoms with E-state index in [1.807, 2.05) is 49.9 Å². The predicted octanol–water partition coefficient (Wildman–Crippen LogP) is 3.49. The summed E-state index contributed by atoms with van der Waals surface area (Å²) in [5.41, 5.74) is 5.21. The lowest BCUT2D eigenvalue weighted by Crippen LogP contribution is -2.55. The van der Waals surface area contributed by atoms with Crippen LogP contribution in [-0.4, -0.2) is 34.3 Å². The lowest BCUT2D eigenvalue weighted by molar-refractivity contribution is -0.271. The molecule has 7 nitrogen and oxygen atoms in total. The molecule has 1 aromatic heterocycles. The standard InChI is InChI=1S/C27H27N3O4S/c1-27(2,29-17-28-30-13-11-21(31)25(32)24(30)26(29)33)12-6-14-34-22-9-5-8-19-16-35-23-10-4-3-7-18(23)15-20(19)22/h3-13,28,32H,14-17H2,1-2H3/p-1/b12-6-. The van der Waals surface area contributed by atoms with Gasteiger partial charge in [0.05, 0.1) is 5.54 Å². The molecule has 1 N–H and O–H groups in total. The summed E-state index contributed by atoms with van der Waals surface area (Å²) in [6, 6.07) is 15.8. The van der Waals surface area contributed by atoms with Crippen LogP contribution in [0.5, 0.6) is 11.5 Å². The summed E-state index contributed by atoms with van der Waals surface area (Å²) in [7, 11) is 0. The number of nitrogens with one attached hydrogen (secondary N) is 1. The van der Waals surface area contributed by atoms with E-state index < -0.39 is 22.6 Å². The Bertz CT molecular complexity index is 1380. The van der Waals surface area contributed by atoms with Crippen LogP contribution in [-0.2, 0) is 12.2 Å². The van der Waals surface area contributed by atoms with Gasteiger partial charge in [0.25, 0.3) is 5.91 Å². The van der Waals surface area contributed by atoms with Crippen LogP contribution in [0.3, 0.4) is 0 Å². The average Bonchev–Trinajstić information content (AvgIpc) is 3.04. The Morgan fingerprint density at radius 2 is 1.91 bits per heavy atom. The van der Waals surface area contributed by atoms with Crippen LogP contribution < -0.4 is 20.7 Å². The number of hydrogen-bond donors (Lipinski definition) is 1. The number of carbonyl (C=O) groups is 1. The molecule has 0 spiro atoms. The molecule has 0 unspecified atom stereocenters. The predicted molar refractivity (Wildman–Crippen MR) is 135 cm³/mol. The largest absolute Gasteiger partial charge is 0.868 e. The van der Waals surface area contributed by atoms with Crippen molar-refractivity contribution in [3.63, 3.8) is 0 Å². The molecule has 3 aromatic rings. The number of ether oxygens (including phenoxy) is 1. The fourth-order valence-corrected chi connectivity index (χ4v) is 5.53. The van der Waals surface area contributed by atoms with Gasteiger partial charge in [0.2, 0.25) is 0 Å². The van der Waals surface area contributed by atoms with Gasteiger partial charge >= 0.3 is 0 Å². The van der Waals surface area contributed by atoms with Crippen LogP contribution in [0.1, 0.15) is 41.0 Å². The summed E-state index contributed by atoms with van der Waals surface area (Å²) >= 11 is 1.85. The van der Waals surface area contributed by atoms with Crippen LogP contribution in [0.2, 0.25) is 0 Å². The fraction of sp³-hybridized carbons (Fsp3) is 0.259. The molecule has 8 heteroatoms. The lowest BCUT2D eigenvalue weighted by atomic mass is 9.99. The molecule has 0 saturated heterocycles. The van der Waals surface area contributed by atoms with E-state index in [0.717, 1.165) is 24.0 Å². The number of nitrogens with zero attached hydrogens (tertiary/aromatic N) is 2. The van der Waals surface area contributed by atoms with E-state index >= 15 is 0 Å². The molecule has 180 valence electrons. The quantitative estimate of drug-likeness (QED) is 0.554. The molecule has 0 atom stereocenters. The van der Waals surface area contributed by atoms with Crippen LogP contribution in [0, 0.1) is 0 Å². The molecule has 0 radical (unpaired) electrons. The second-order valence-electron chi connectivity index (χ2n) is 9.11. The highest BCUT2D eigenvalue weighted by atomic mass is 32.2. The third-order valence-electron chi connectivity index (χ3n) is 6.41. The topological polar surface area (TPSA) is 86.6 Å². The first-order valence-corrected chi connectivity index (χ1v) is 12.4. The van der Waals surface area contributed by atoms with Gasteiger partial charge in [-0.2, -0.15) is 0 Å². The highest BCUT2D eigenvalue weighted by Gasteiger charge is 2.34. The summed E-state index contributed by atoms with van der Waals surface area (Å²) < 4.78 is 7.49. The molecule has 0 fully saturated rings. The zero-order chi connectivity index (χ0) is 24.6. The van der Waals surface area contributed by atoms with E-state index in [0.29, 0.717) is 6.61 Å². The minimum atomic E-state index is -0.803. The number of aromatic nitrogens is 1. The van der Waals surface area contributed by atoms with Gasteiger partial charge in [0.15, 0.2) is 5.43 Å². The molecule has 35 heavy (non-hydrogen) atoms. The van der Waals surface area contributed by atoms with Gasteiger partial charge in [0.1, 0.15) is 24.7 Å². The monoisotopic (exact) mass is 488 g/mol. The highest BCUT2D eigenvalue weighted by molar-refractivity contribution is 7.98. The van der Waals surface area contributed by atoms with Crippen LogP contribution in [0.4, 0.5) is 0 Å². The number of hydrogen-bond acceptors (Lipinski definition) is 6. The van der Waals surface area contributed by atoms with Crippen LogP contribution >= 0.6 is 11.8 Å². The molecular weight excluding hydrogens is 462 g/mol. The first-order valence-electron chi connectivity index (χ1n) is 11.5. The second kappa shape index (κ2) is 9.19. The number of fused-ring (bicyclic) bond motifs is 3. The van der Waals surface area contributed by atoms with Gasteiger partial charge < -0.3 is 20.2 Å². The molecule has 2 aliphatic rings. The Morgan fingerprint density at radius 1 is 1.11 bits per heavy atom. The molecule has 2 aliphatic heterocycles. The van der Waals surface area contributed by atoms with Crippen molar-refractivity contribution < 1.29 is 14.6 Å². The third kappa shape index (κ3) is 4.41. The van der Waals surface area contributed by atoms with Gasteiger partial charge in [0, 0.05) is 34.9 Å². The number of rotatable bonds is 5. The molecule has 1 amide bonds. The van der Waals surface area contributed by atoms with Crippen LogP contribution in [0.15, 0.2) is 76.6 Å². The summed E-state index contributed by atoms with van der Waals surface area (Å²) in [4.78, 5) is 27.7. The maximum atomic E-state index is 13.0. The maximum absolute atomic E-state index is 13.0. The van der Waals surface area contributed by atoms with Crippen LogP contribution in [0.25, 0.3) is 0 Å². The van der Waals surface area contributed by atoms with Gasteiger partial charge in [-0.3, -0.25) is 14.3 Å². The molecular formula is C27H26N3O4S-. The molecule has 2 aromatic carbocycles. The zero-order valence-electron chi connectivity index (χ0n) is 19.6. The normalized spacial score (nSPS) is 15.1. The van der Waals surface area contributed by atoms with E-state index in [1.54, 1.807) is 0 Å². The molecule has 5 rings (SSSR count). The van der Waals surface area contributed by atoms with Crippen molar-refractivity contribution in [2.45, 2.75) is 36.5 Å². The summed E-state index contributed by atoms with van der Waals surface area (Å²) in [6.07, 6.45) is 6.01. The minimum absolute atomic E-state index is 0.174. The Balaban J connectivity index is 1.30. The Kier molecular flexibility index (Phi) is 6.06. The van der Waals surface area contributed by atoms with E-state index in [2.05, 4.69) is 35.8 Å². The van der Waals surface area contributed by atoms with E-state index in [9.17, 15) is 14.7 Å². The number of thioether (sulfide) groups is 1. The summed E-state index contributed by atoms with van der Waals surface area (Å²) in [5, 5.41) is 12.3. The highest BCUT2D eigenvalue weighted by Crippen LogP contribution is 2.37. The first kappa shape index (κ1) is 23.1. The zero-order valence-corrected chi connectivity index (χ0v) is 20.4.